The molecule has 0 fully saturated rings. The van der Waals surface area contributed by atoms with Gasteiger partial charge in [0.15, 0.2) is 0 Å². The van der Waals surface area contributed by atoms with Crippen molar-refractivity contribution in [2.45, 2.75) is 23.8 Å². The molecule has 0 amide bonds. The maximum absolute atomic E-state index is 13.6. The van der Waals surface area contributed by atoms with E-state index in [1.54, 1.807) is 48.5 Å². The molecule has 0 radical (unpaired) electrons. The minimum absolute atomic E-state index is 0.227. The number of benzene rings is 3. The highest BCUT2D eigenvalue weighted by molar-refractivity contribution is 7.92. The van der Waals surface area contributed by atoms with E-state index in [1.807, 2.05) is 25.1 Å². The molecule has 5 heteroatoms. The van der Waals surface area contributed by atoms with Gasteiger partial charge in [-0.3, -0.25) is 4.31 Å². The lowest BCUT2D eigenvalue weighted by molar-refractivity contribution is 0.576. The number of nitrogens with zero attached hydrogens (tertiary/aromatic N) is 1. The average Bonchev–Trinajstić information content (AvgIpc) is 3.04. The number of para-hydroxylation sites is 1. The molecule has 0 unspecified atom stereocenters. The highest BCUT2D eigenvalue weighted by atomic mass is 32.2. The molecular formula is C23H20FNO2S. The van der Waals surface area contributed by atoms with Crippen LogP contribution >= 0.6 is 0 Å². The summed E-state index contributed by atoms with van der Waals surface area (Å²) in [5, 5.41) is 0. The first-order valence-corrected chi connectivity index (χ1v) is 10.5. The van der Waals surface area contributed by atoms with E-state index in [-0.39, 0.29) is 16.6 Å². The van der Waals surface area contributed by atoms with Gasteiger partial charge in [0.25, 0.3) is 10.0 Å². The van der Waals surface area contributed by atoms with Crippen LogP contribution in [0.25, 0.3) is 0 Å². The second-order valence-electron chi connectivity index (χ2n) is 6.93. The fourth-order valence-electron chi connectivity index (χ4n) is 3.80. The van der Waals surface area contributed by atoms with Gasteiger partial charge in [-0.05, 0) is 48.4 Å². The van der Waals surface area contributed by atoms with Crippen molar-refractivity contribution in [3.63, 3.8) is 0 Å². The Morgan fingerprint density at radius 2 is 1.61 bits per heavy atom. The van der Waals surface area contributed by atoms with E-state index in [0.29, 0.717) is 5.69 Å². The van der Waals surface area contributed by atoms with Gasteiger partial charge in [-0.2, -0.15) is 0 Å². The average molecular weight is 393 g/mol. The normalized spacial score (nSPS) is 18.7. The molecule has 3 aromatic carbocycles. The molecule has 0 aromatic heterocycles. The number of halogens is 1. The van der Waals surface area contributed by atoms with Crippen molar-refractivity contribution in [3.05, 3.63) is 108 Å². The first-order valence-electron chi connectivity index (χ1n) is 9.01. The molecule has 2 atom stereocenters. The molecule has 1 heterocycles. The third-order valence-corrected chi connectivity index (χ3v) is 6.98. The number of anilines is 1. The highest BCUT2D eigenvalue weighted by Crippen LogP contribution is 2.51. The summed E-state index contributed by atoms with van der Waals surface area (Å²) in [5.41, 5.74) is 3.22. The van der Waals surface area contributed by atoms with Crippen molar-refractivity contribution in [1.82, 2.24) is 0 Å². The first-order chi connectivity index (χ1) is 13.4. The van der Waals surface area contributed by atoms with Crippen LogP contribution in [0.15, 0.2) is 90.3 Å². The summed E-state index contributed by atoms with van der Waals surface area (Å²) in [7, 11) is -3.83. The molecule has 0 saturated carbocycles. The van der Waals surface area contributed by atoms with Crippen molar-refractivity contribution in [2.24, 2.45) is 0 Å². The van der Waals surface area contributed by atoms with Crippen molar-refractivity contribution in [2.75, 3.05) is 4.31 Å². The third kappa shape index (κ3) is 2.92. The molecule has 0 spiro atoms. The molecule has 4 rings (SSSR count). The Balaban J connectivity index is 1.94. The largest absolute Gasteiger partial charge is 0.264 e. The highest BCUT2D eigenvalue weighted by Gasteiger charge is 2.44. The van der Waals surface area contributed by atoms with Crippen LogP contribution in [0, 0.1) is 12.7 Å². The lowest BCUT2D eigenvalue weighted by atomic mass is 9.91. The molecule has 0 saturated heterocycles. The first kappa shape index (κ1) is 18.4. The van der Waals surface area contributed by atoms with E-state index in [2.05, 4.69) is 6.58 Å². The van der Waals surface area contributed by atoms with E-state index in [0.717, 1.165) is 16.7 Å². The van der Waals surface area contributed by atoms with Crippen molar-refractivity contribution >= 4 is 15.7 Å². The van der Waals surface area contributed by atoms with Crippen molar-refractivity contribution in [1.29, 1.82) is 0 Å². The van der Waals surface area contributed by atoms with E-state index >= 15 is 0 Å². The van der Waals surface area contributed by atoms with Gasteiger partial charge in [0.05, 0.1) is 16.6 Å². The summed E-state index contributed by atoms with van der Waals surface area (Å²) in [6.45, 7) is 5.85. The van der Waals surface area contributed by atoms with Gasteiger partial charge in [0, 0.05) is 5.92 Å². The molecule has 3 nitrogen and oxygen atoms in total. The number of hydrogen-bond acceptors (Lipinski definition) is 2. The quantitative estimate of drug-likeness (QED) is 0.560. The molecule has 3 aromatic rings. The Bertz CT molecular complexity index is 1120. The van der Waals surface area contributed by atoms with Crippen LogP contribution < -0.4 is 4.31 Å². The molecular weight excluding hydrogens is 373 g/mol. The predicted molar refractivity (Wildman–Crippen MR) is 109 cm³/mol. The number of aryl methyl sites for hydroxylation is 1. The molecule has 1 aliphatic heterocycles. The van der Waals surface area contributed by atoms with Gasteiger partial charge in [-0.25, -0.2) is 12.8 Å². The van der Waals surface area contributed by atoms with Crippen LogP contribution in [-0.4, -0.2) is 8.42 Å². The molecule has 0 aliphatic carbocycles. The number of hydrogen-bond donors (Lipinski definition) is 0. The zero-order valence-electron chi connectivity index (χ0n) is 15.4. The number of sulfonamides is 1. The fourth-order valence-corrected chi connectivity index (χ4v) is 5.48. The smallest absolute Gasteiger partial charge is 0.258 e. The van der Waals surface area contributed by atoms with Crippen LogP contribution in [0.1, 0.15) is 28.7 Å². The number of rotatable bonds is 4. The van der Waals surface area contributed by atoms with Crippen LogP contribution in [0.3, 0.4) is 0 Å². The van der Waals surface area contributed by atoms with Gasteiger partial charge in [0.2, 0.25) is 0 Å². The van der Waals surface area contributed by atoms with Gasteiger partial charge in [-0.15, -0.1) is 6.58 Å². The predicted octanol–water partition coefficient (Wildman–Crippen LogP) is 5.35. The molecule has 0 bridgehead atoms. The molecule has 28 heavy (non-hydrogen) atoms. The van der Waals surface area contributed by atoms with Crippen LogP contribution in [0.5, 0.6) is 0 Å². The van der Waals surface area contributed by atoms with Crippen molar-refractivity contribution < 1.29 is 12.8 Å². The number of fused-ring (bicyclic) bond motifs is 1. The summed E-state index contributed by atoms with van der Waals surface area (Å²) in [5.74, 6) is -0.593. The summed E-state index contributed by atoms with van der Waals surface area (Å²) in [6.07, 6.45) is 1.76. The lowest BCUT2D eigenvalue weighted by Gasteiger charge is -2.29. The minimum Gasteiger partial charge on any atom is -0.258 e. The van der Waals surface area contributed by atoms with Crippen LogP contribution in [-0.2, 0) is 10.0 Å². The van der Waals surface area contributed by atoms with Crippen molar-refractivity contribution in [3.8, 4) is 0 Å². The third-order valence-electron chi connectivity index (χ3n) is 5.17. The summed E-state index contributed by atoms with van der Waals surface area (Å²) in [4.78, 5) is 0.227. The van der Waals surface area contributed by atoms with E-state index in [1.165, 1.54) is 16.4 Å². The topological polar surface area (TPSA) is 37.4 Å². The fraction of sp³-hybridized carbons (Fsp3) is 0.130. The monoisotopic (exact) mass is 393 g/mol. The van der Waals surface area contributed by atoms with Gasteiger partial charge in [-0.1, -0.05) is 54.1 Å². The zero-order chi connectivity index (χ0) is 19.9. The standard InChI is InChI=1S/C23H20FNO2S/c1-3-20-21-6-4-5-7-22(21)25(23(20)17-10-12-18(24)13-11-17)28(26,27)19-14-8-16(2)9-15-19/h3-15,20,23H,1H2,2H3/t20-,23+/m0/s1. The van der Waals surface area contributed by atoms with E-state index in [9.17, 15) is 12.8 Å². The van der Waals surface area contributed by atoms with Gasteiger partial charge in [0.1, 0.15) is 5.82 Å². The zero-order valence-corrected chi connectivity index (χ0v) is 16.2. The van der Waals surface area contributed by atoms with Gasteiger partial charge >= 0.3 is 0 Å². The van der Waals surface area contributed by atoms with E-state index in [4.69, 9.17) is 0 Å². The summed E-state index contributed by atoms with van der Waals surface area (Å²) >= 11 is 0. The summed E-state index contributed by atoms with van der Waals surface area (Å²) in [6, 6.07) is 19.7. The SMILES string of the molecule is C=C[C@H]1c2ccccc2N(S(=O)(=O)c2ccc(C)cc2)[C@@H]1c1ccc(F)cc1. The molecule has 0 N–H and O–H groups in total. The maximum Gasteiger partial charge on any atom is 0.264 e. The Morgan fingerprint density at radius 3 is 2.25 bits per heavy atom. The Morgan fingerprint density at radius 1 is 0.964 bits per heavy atom. The maximum atomic E-state index is 13.6. The lowest BCUT2D eigenvalue weighted by Crippen LogP contribution is -2.33. The summed E-state index contributed by atoms with van der Waals surface area (Å²) < 4.78 is 42.2. The Hall–Kier alpha value is -2.92. The molecule has 142 valence electrons. The van der Waals surface area contributed by atoms with Gasteiger partial charge < -0.3 is 0 Å². The second kappa shape index (κ2) is 6.91. The Labute approximate surface area is 164 Å². The second-order valence-corrected chi connectivity index (χ2v) is 8.75. The molecule has 1 aliphatic rings. The van der Waals surface area contributed by atoms with Crippen LogP contribution in [0.2, 0.25) is 0 Å². The van der Waals surface area contributed by atoms with E-state index < -0.39 is 16.1 Å². The van der Waals surface area contributed by atoms with Crippen LogP contribution in [0.4, 0.5) is 10.1 Å². The Kier molecular flexibility index (Phi) is 4.55. The minimum atomic E-state index is -3.83.